The molecule has 2 heterocycles. The summed E-state index contributed by atoms with van der Waals surface area (Å²) in [5.41, 5.74) is 0.653. The molecule has 1 aliphatic rings. The maximum absolute atomic E-state index is 12.6. The van der Waals surface area contributed by atoms with Crippen LogP contribution in [-0.4, -0.2) is 50.1 Å². The molecule has 134 valence electrons. The first-order valence-electron chi connectivity index (χ1n) is 8.47. The number of hydrogen-bond donors (Lipinski definition) is 0. The van der Waals surface area contributed by atoms with Crippen molar-refractivity contribution in [2.45, 2.75) is 39.7 Å². The lowest BCUT2D eigenvalue weighted by atomic mass is 9.77. The van der Waals surface area contributed by atoms with E-state index in [0.717, 1.165) is 36.4 Å². The Kier molecular flexibility index (Phi) is 6.95. The van der Waals surface area contributed by atoms with Crippen molar-refractivity contribution in [1.29, 1.82) is 0 Å². The van der Waals surface area contributed by atoms with E-state index in [1.165, 1.54) is 11.3 Å². The first-order valence-corrected chi connectivity index (χ1v) is 9.35. The summed E-state index contributed by atoms with van der Waals surface area (Å²) in [5, 5.41) is 2.03. The number of carbonyl (C=O) groups excluding carboxylic acids is 2. The van der Waals surface area contributed by atoms with Gasteiger partial charge >= 0.3 is 5.97 Å². The van der Waals surface area contributed by atoms with Crippen LogP contribution in [0.5, 0.6) is 0 Å². The van der Waals surface area contributed by atoms with Crippen LogP contribution in [-0.2, 0) is 20.8 Å². The van der Waals surface area contributed by atoms with Crippen LogP contribution in [0.25, 0.3) is 0 Å². The maximum atomic E-state index is 12.6. The normalized spacial score (nSPS) is 21.6. The molecule has 1 aliphatic heterocycles. The zero-order valence-corrected chi connectivity index (χ0v) is 15.6. The summed E-state index contributed by atoms with van der Waals surface area (Å²) in [4.78, 5) is 27.1. The van der Waals surface area contributed by atoms with Gasteiger partial charge in [0.05, 0.1) is 16.9 Å². The molecular formula is C18H27NO4S. The van der Waals surface area contributed by atoms with E-state index in [1.807, 2.05) is 18.4 Å². The van der Waals surface area contributed by atoms with Gasteiger partial charge in [-0.2, -0.15) is 0 Å². The fourth-order valence-electron chi connectivity index (χ4n) is 3.32. The SMILES string of the molecule is CCOC(=O)[C@@]1(CCOC)CCCN(Cc2csc(C(C)=O)c2)C1. The Hall–Kier alpha value is -1.24. The van der Waals surface area contributed by atoms with E-state index in [1.54, 1.807) is 14.0 Å². The van der Waals surface area contributed by atoms with Crippen LogP contribution in [0.4, 0.5) is 0 Å². The van der Waals surface area contributed by atoms with Crippen LogP contribution in [0, 0.1) is 5.41 Å². The fraction of sp³-hybridized carbons (Fsp3) is 0.667. The van der Waals surface area contributed by atoms with Crippen molar-refractivity contribution in [3.05, 3.63) is 21.9 Å². The molecule has 0 N–H and O–H groups in total. The molecule has 1 atom stereocenters. The highest BCUT2D eigenvalue weighted by Gasteiger charge is 2.43. The van der Waals surface area contributed by atoms with Crippen molar-refractivity contribution in [2.24, 2.45) is 5.41 Å². The van der Waals surface area contributed by atoms with Crippen molar-refractivity contribution < 1.29 is 19.1 Å². The molecule has 0 amide bonds. The van der Waals surface area contributed by atoms with Crippen LogP contribution in [0.1, 0.15) is 48.3 Å². The second-order valence-electron chi connectivity index (χ2n) is 6.43. The number of thiophene rings is 1. The van der Waals surface area contributed by atoms with Crippen LogP contribution in [0.2, 0.25) is 0 Å². The van der Waals surface area contributed by atoms with Crippen molar-refractivity contribution in [3.8, 4) is 0 Å². The standard InChI is InChI=1S/C18H27NO4S/c1-4-23-17(21)18(7-9-22-3)6-5-8-19(13-18)11-15-10-16(14(2)20)24-12-15/h10,12H,4-9,11,13H2,1-3H3/t18-/m1/s1. The van der Waals surface area contributed by atoms with Gasteiger partial charge in [-0.1, -0.05) is 0 Å². The second kappa shape index (κ2) is 8.74. The molecule has 1 saturated heterocycles. The highest BCUT2D eigenvalue weighted by Crippen LogP contribution is 2.36. The van der Waals surface area contributed by atoms with Gasteiger partial charge in [-0.25, -0.2) is 0 Å². The summed E-state index contributed by atoms with van der Waals surface area (Å²) in [6.07, 6.45) is 2.49. The van der Waals surface area contributed by atoms with E-state index in [-0.39, 0.29) is 11.8 Å². The lowest BCUT2D eigenvalue weighted by Gasteiger charge is -2.40. The molecule has 0 spiro atoms. The Balaban J connectivity index is 2.08. The zero-order chi connectivity index (χ0) is 17.6. The number of ketones is 1. The van der Waals surface area contributed by atoms with Crippen LogP contribution < -0.4 is 0 Å². The van der Waals surface area contributed by atoms with Gasteiger partial charge in [0.25, 0.3) is 0 Å². The number of carbonyl (C=O) groups is 2. The minimum Gasteiger partial charge on any atom is -0.466 e. The number of Topliss-reactive ketones (excluding diaryl/α,β-unsaturated/α-hetero) is 1. The third kappa shape index (κ3) is 4.65. The predicted molar refractivity (Wildman–Crippen MR) is 94.4 cm³/mol. The number of hydrogen-bond acceptors (Lipinski definition) is 6. The number of piperidine rings is 1. The quantitative estimate of drug-likeness (QED) is 0.531. The third-order valence-corrected chi connectivity index (χ3v) is 5.64. The van der Waals surface area contributed by atoms with Crippen LogP contribution in [0.15, 0.2) is 11.4 Å². The topological polar surface area (TPSA) is 55.8 Å². The summed E-state index contributed by atoms with van der Waals surface area (Å²) in [6.45, 7) is 6.79. The average molecular weight is 353 g/mol. The van der Waals surface area contributed by atoms with Gasteiger partial charge in [0.2, 0.25) is 0 Å². The predicted octanol–water partition coefficient (Wildman–Crippen LogP) is 3.13. The smallest absolute Gasteiger partial charge is 0.313 e. The molecule has 5 nitrogen and oxygen atoms in total. The van der Waals surface area contributed by atoms with Crippen LogP contribution >= 0.6 is 11.3 Å². The number of rotatable bonds is 8. The summed E-state index contributed by atoms with van der Waals surface area (Å²) < 4.78 is 10.6. The van der Waals surface area contributed by atoms with E-state index in [9.17, 15) is 9.59 Å². The number of ether oxygens (including phenoxy) is 2. The molecule has 1 fully saturated rings. The number of nitrogens with zero attached hydrogens (tertiary/aromatic N) is 1. The molecule has 0 saturated carbocycles. The number of esters is 1. The summed E-state index contributed by atoms with van der Waals surface area (Å²) in [6, 6.07) is 1.96. The number of likely N-dealkylation sites (tertiary alicyclic amines) is 1. The Morgan fingerprint density at radius 1 is 1.42 bits per heavy atom. The molecule has 0 bridgehead atoms. The van der Waals surface area contributed by atoms with E-state index in [4.69, 9.17) is 9.47 Å². The second-order valence-corrected chi connectivity index (χ2v) is 7.34. The lowest BCUT2D eigenvalue weighted by Crippen LogP contribution is -2.48. The fourth-order valence-corrected chi connectivity index (χ4v) is 4.12. The minimum atomic E-state index is -0.482. The van der Waals surface area contributed by atoms with Crippen molar-refractivity contribution in [3.63, 3.8) is 0 Å². The van der Waals surface area contributed by atoms with Gasteiger partial charge in [0.15, 0.2) is 5.78 Å². The third-order valence-electron chi connectivity index (χ3n) is 4.56. The highest BCUT2D eigenvalue weighted by atomic mass is 32.1. The molecule has 1 aromatic heterocycles. The molecule has 6 heteroatoms. The molecule has 1 aromatic rings. The molecule has 2 rings (SSSR count). The van der Waals surface area contributed by atoms with E-state index in [2.05, 4.69) is 4.90 Å². The molecule has 0 radical (unpaired) electrons. The monoisotopic (exact) mass is 353 g/mol. The van der Waals surface area contributed by atoms with E-state index in [0.29, 0.717) is 26.2 Å². The van der Waals surface area contributed by atoms with Gasteiger partial charge in [-0.15, -0.1) is 11.3 Å². The van der Waals surface area contributed by atoms with Crippen molar-refractivity contribution in [2.75, 3.05) is 33.4 Å². The lowest BCUT2D eigenvalue weighted by molar-refractivity contribution is -0.160. The minimum absolute atomic E-state index is 0.103. The largest absolute Gasteiger partial charge is 0.466 e. The summed E-state index contributed by atoms with van der Waals surface area (Å²) in [5.74, 6) is -0.00708. The van der Waals surface area contributed by atoms with Gasteiger partial charge in [0.1, 0.15) is 0 Å². The van der Waals surface area contributed by atoms with Crippen LogP contribution in [0.3, 0.4) is 0 Å². The Morgan fingerprint density at radius 2 is 2.21 bits per heavy atom. The summed E-state index contributed by atoms with van der Waals surface area (Å²) >= 11 is 1.49. The highest BCUT2D eigenvalue weighted by molar-refractivity contribution is 7.12. The van der Waals surface area contributed by atoms with Gasteiger partial charge < -0.3 is 9.47 Å². The molecule has 0 aromatic carbocycles. The average Bonchev–Trinajstić information content (AvgIpc) is 3.02. The molecule has 0 aliphatic carbocycles. The molecular weight excluding hydrogens is 326 g/mol. The Labute approximate surface area is 147 Å². The maximum Gasteiger partial charge on any atom is 0.313 e. The molecule has 0 unspecified atom stereocenters. The van der Waals surface area contributed by atoms with Gasteiger partial charge in [0, 0.05) is 26.8 Å². The Bertz CT molecular complexity index is 571. The van der Waals surface area contributed by atoms with E-state index >= 15 is 0 Å². The zero-order valence-electron chi connectivity index (χ0n) is 14.8. The van der Waals surface area contributed by atoms with Gasteiger partial charge in [-0.05, 0) is 56.7 Å². The molecule has 24 heavy (non-hydrogen) atoms. The van der Waals surface area contributed by atoms with Gasteiger partial charge in [-0.3, -0.25) is 14.5 Å². The van der Waals surface area contributed by atoms with Crippen molar-refractivity contribution in [1.82, 2.24) is 4.90 Å². The van der Waals surface area contributed by atoms with Crippen molar-refractivity contribution >= 4 is 23.1 Å². The number of methoxy groups -OCH3 is 1. The first-order chi connectivity index (χ1) is 11.5. The summed E-state index contributed by atoms with van der Waals surface area (Å²) in [7, 11) is 1.66. The Morgan fingerprint density at radius 3 is 2.83 bits per heavy atom. The first kappa shape index (κ1) is 19.1. The van der Waals surface area contributed by atoms with E-state index < -0.39 is 5.41 Å².